The van der Waals surface area contributed by atoms with E-state index in [0.29, 0.717) is 4.75 Å². The lowest BCUT2D eigenvalue weighted by Gasteiger charge is -2.38. The van der Waals surface area contributed by atoms with Crippen LogP contribution in [0.4, 0.5) is 0 Å². The quantitative estimate of drug-likeness (QED) is 0.742. The van der Waals surface area contributed by atoms with Crippen molar-refractivity contribution in [3.05, 3.63) is 0 Å². The number of hydrogen-bond donors (Lipinski definition) is 1. The summed E-state index contributed by atoms with van der Waals surface area (Å²) in [5.41, 5.74) is 0. The predicted octanol–water partition coefficient (Wildman–Crippen LogP) is 1.42. The Balaban J connectivity index is 2.47. The van der Waals surface area contributed by atoms with Crippen LogP contribution in [-0.2, 0) is 0 Å². The third kappa shape index (κ3) is 3.15. The Labute approximate surface area is 86.5 Å². The summed E-state index contributed by atoms with van der Waals surface area (Å²) >= 11 is 2.06. The van der Waals surface area contributed by atoms with Crippen molar-refractivity contribution in [3.8, 4) is 0 Å². The highest BCUT2D eigenvalue weighted by atomic mass is 32.2. The Kier molecular flexibility index (Phi) is 4.56. The van der Waals surface area contributed by atoms with Gasteiger partial charge in [0.25, 0.3) is 0 Å². The van der Waals surface area contributed by atoms with E-state index in [2.05, 4.69) is 42.2 Å². The maximum Gasteiger partial charge on any atom is 0.0308 e. The van der Waals surface area contributed by atoms with E-state index < -0.39 is 0 Å². The number of thioether (sulfide) groups is 1. The molecular formula is C10H22N2S. The van der Waals surface area contributed by atoms with Crippen LogP contribution in [0.1, 0.15) is 19.8 Å². The summed E-state index contributed by atoms with van der Waals surface area (Å²) in [5.74, 6) is 0. The van der Waals surface area contributed by atoms with Gasteiger partial charge in [-0.3, -0.25) is 0 Å². The fraction of sp³-hybridized carbons (Fsp3) is 1.00. The van der Waals surface area contributed by atoms with Gasteiger partial charge in [-0.1, -0.05) is 6.92 Å². The van der Waals surface area contributed by atoms with E-state index in [1.807, 2.05) is 0 Å². The Morgan fingerprint density at radius 2 is 2.00 bits per heavy atom. The Bertz CT molecular complexity index is 144. The number of nitrogens with zero attached hydrogens (tertiary/aromatic N) is 1. The summed E-state index contributed by atoms with van der Waals surface area (Å²) in [6, 6.07) is 0. The van der Waals surface area contributed by atoms with Crippen molar-refractivity contribution in [2.75, 3.05) is 39.5 Å². The van der Waals surface area contributed by atoms with Crippen LogP contribution in [-0.4, -0.2) is 49.1 Å². The van der Waals surface area contributed by atoms with Crippen LogP contribution >= 0.6 is 11.8 Å². The molecule has 1 saturated heterocycles. The van der Waals surface area contributed by atoms with Gasteiger partial charge in [0, 0.05) is 11.3 Å². The normalized spacial score (nSPS) is 22.2. The molecule has 1 N–H and O–H groups in total. The minimum atomic E-state index is 0.524. The summed E-state index contributed by atoms with van der Waals surface area (Å²) in [6.07, 6.45) is 4.89. The Morgan fingerprint density at radius 3 is 2.46 bits per heavy atom. The van der Waals surface area contributed by atoms with E-state index in [4.69, 9.17) is 0 Å². The maximum atomic E-state index is 3.43. The standard InChI is InChI=1S/C10H22N2S/c1-4-12(2)9-10(13-3)5-7-11-8-6-10/h11H,4-9H2,1-3H3. The topological polar surface area (TPSA) is 15.3 Å². The molecule has 1 rings (SSSR count). The van der Waals surface area contributed by atoms with Crippen molar-refractivity contribution in [2.24, 2.45) is 0 Å². The SMILES string of the molecule is CCN(C)CC1(SC)CCNCC1. The van der Waals surface area contributed by atoms with Gasteiger partial charge in [-0.05, 0) is 45.8 Å². The van der Waals surface area contributed by atoms with Gasteiger partial charge in [0.05, 0.1) is 0 Å². The average Bonchev–Trinajstić information content (AvgIpc) is 2.19. The zero-order chi connectivity index (χ0) is 9.73. The minimum absolute atomic E-state index is 0.524. The molecule has 0 atom stereocenters. The predicted molar refractivity (Wildman–Crippen MR) is 61.5 cm³/mol. The zero-order valence-corrected chi connectivity index (χ0v) is 9.91. The first-order valence-corrected chi connectivity index (χ1v) is 6.39. The van der Waals surface area contributed by atoms with Gasteiger partial charge >= 0.3 is 0 Å². The van der Waals surface area contributed by atoms with Crippen LogP contribution in [0, 0.1) is 0 Å². The smallest absolute Gasteiger partial charge is 0.0308 e. The molecule has 13 heavy (non-hydrogen) atoms. The summed E-state index contributed by atoms with van der Waals surface area (Å²) in [5, 5.41) is 3.43. The van der Waals surface area contributed by atoms with Crippen molar-refractivity contribution in [1.82, 2.24) is 10.2 Å². The van der Waals surface area contributed by atoms with Crippen molar-refractivity contribution in [1.29, 1.82) is 0 Å². The second kappa shape index (κ2) is 5.23. The van der Waals surface area contributed by atoms with Gasteiger partial charge < -0.3 is 10.2 Å². The van der Waals surface area contributed by atoms with Gasteiger partial charge in [0.2, 0.25) is 0 Å². The van der Waals surface area contributed by atoms with Crippen LogP contribution < -0.4 is 5.32 Å². The molecule has 1 heterocycles. The molecule has 0 bridgehead atoms. The third-order valence-electron chi connectivity index (χ3n) is 3.05. The van der Waals surface area contributed by atoms with Crippen LogP contribution in [0.25, 0.3) is 0 Å². The second-order valence-electron chi connectivity index (χ2n) is 3.97. The Hall–Kier alpha value is 0.270. The lowest BCUT2D eigenvalue weighted by molar-refractivity contribution is 0.273. The summed E-state index contributed by atoms with van der Waals surface area (Å²) in [7, 11) is 2.22. The number of rotatable bonds is 4. The van der Waals surface area contributed by atoms with Crippen molar-refractivity contribution >= 4 is 11.8 Å². The van der Waals surface area contributed by atoms with Crippen LogP contribution in [0.2, 0.25) is 0 Å². The van der Waals surface area contributed by atoms with Crippen molar-refractivity contribution in [3.63, 3.8) is 0 Å². The molecule has 0 aliphatic carbocycles. The van der Waals surface area contributed by atoms with Crippen molar-refractivity contribution < 1.29 is 0 Å². The van der Waals surface area contributed by atoms with Crippen LogP contribution in [0.3, 0.4) is 0 Å². The molecule has 0 aromatic heterocycles. The van der Waals surface area contributed by atoms with E-state index in [1.165, 1.54) is 32.5 Å². The number of piperidine rings is 1. The molecule has 0 aromatic carbocycles. The first kappa shape index (κ1) is 11.3. The van der Waals surface area contributed by atoms with Gasteiger partial charge in [-0.2, -0.15) is 11.8 Å². The maximum absolute atomic E-state index is 3.43. The molecule has 1 aliphatic rings. The summed E-state index contributed by atoms with van der Waals surface area (Å²) in [4.78, 5) is 2.43. The van der Waals surface area contributed by atoms with E-state index in [-0.39, 0.29) is 0 Å². The highest BCUT2D eigenvalue weighted by Crippen LogP contribution is 2.32. The molecule has 0 radical (unpaired) electrons. The molecule has 0 spiro atoms. The molecule has 2 nitrogen and oxygen atoms in total. The van der Waals surface area contributed by atoms with Gasteiger partial charge in [-0.25, -0.2) is 0 Å². The second-order valence-corrected chi connectivity index (χ2v) is 5.24. The van der Waals surface area contributed by atoms with E-state index in [9.17, 15) is 0 Å². The molecule has 0 aromatic rings. The summed E-state index contributed by atoms with van der Waals surface area (Å²) in [6.45, 7) is 7.02. The fourth-order valence-corrected chi connectivity index (χ4v) is 2.87. The summed E-state index contributed by atoms with van der Waals surface area (Å²) < 4.78 is 0.524. The van der Waals surface area contributed by atoms with Gasteiger partial charge in [-0.15, -0.1) is 0 Å². The molecule has 1 aliphatic heterocycles. The highest BCUT2D eigenvalue weighted by molar-refractivity contribution is 8.00. The average molecular weight is 202 g/mol. The number of hydrogen-bond acceptors (Lipinski definition) is 3. The zero-order valence-electron chi connectivity index (χ0n) is 9.10. The molecule has 3 heteroatoms. The van der Waals surface area contributed by atoms with Crippen molar-refractivity contribution in [2.45, 2.75) is 24.5 Å². The largest absolute Gasteiger partial charge is 0.317 e. The molecular weight excluding hydrogens is 180 g/mol. The fourth-order valence-electron chi connectivity index (χ4n) is 1.91. The molecule has 78 valence electrons. The van der Waals surface area contributed by atoms with E-state index in [1.54, 1.807) is 0 Å². The molecule has 0 amide bonds. The van der Waals surface area contributed by atoms with Crippen LogP contribution in [0.15, 0.2) is 0 Å². The molecule has 0 unspecified atom stereocenters. The van der Waals surface area contributed by atoms with Gasteiger partial charge in [0.15, 0.2) is 0 Å². The first-order chi connectivity index (χ1) is 6.22. The number of nitrogens with one attached hydrogen (secondary N) is 1. The van der Waals surface area contributed by atoms with Crippen LogP contribution in [0.5, 0.6) is 0 Å². The van der Waals surface area contributed by atoms with E-state index >= 15 is 0 Å². The molecule has 0 saturated carbocycles. The van der Waals surface area contributed by atoms with E-state index in [0.717, 1.165) is 6.54 Å². The lowest BCUT2D eigenvalue weighted by Crippen LogP contribution is -2.46. The minimum Gasteiger partial charge on any atom is -0.317 e. The highest BCUT2D eigenvalue weighted by Gasteiger charge is 2.31. The molecule has 1 fully saturated rings. The Morgan fingerprint density at radius 1 is 1.38 bits per heavy atom. The van der Waals surface area contributed by atoms with Gasteiger partial charge in [0.1, 0.15) is 0 Å². The lowest BCUT2D eigenvalue weighted by atomic mass is 9.96. The first-order valence-electron chi connectivity index (χ1n) is 5.17. The third-order valence-corrected chi connectivity index (χ3v) is 4.45. The monoisotopic (exact) mass is 202 g/mol.